The maximum absolute atomic E-state index is 11.8. The molecule has 0 bridgehead atoms. The van der Waals surface area contributed by atoms with Gasteiger partial charge in [0.15, 0.2) is 0 Å². The number of rotatable bonds is 5. The van der Waals surface area contributed by atoms with E-state index in [4.69, 9.17) is 5.11 Å². The highest BCUT2D eigenvalue weighted by Crippen LogP contribution is 2.09. The van der Waals surface area contributed by atoms with Gasteiger partial charge in [-0.3, -0.25) is 9.78 Å². The number of carbonyl (C=O) groups is 2. The van der Waals surface area contributed by atoms with E-state index in [1.165, 1.54) is 6.20 Å². The Bertz CT molecular complexity index is 612. The molecule has 20 heavy (non-hydrogen) atoms. The molecule has 0 radical (unpaired) electrons. The predicted octanol–water partition coefficient (Wildman–Crippen LogP) is 1.75. The maximum Gasteiger partial charge on any atom is 0.335 e. The van der Waals surface area contributed by atoms with Crippen LogP contribution in [0.1, 0.15) is 26.3 Å². The average molecular weight is 270 g/mol. The van der Waals surface area contributed by atoms with Crippen molar-refractivity contribution in [1.29, 1.82) is 0 Å². The first-order chi connectivity index (χ1) is 9.68. The van der Waals surface area contributed by atoms with Gasteiger partial charge in [-0.05, 0) is 30.2 Å². The van der Waals surface area contributed by atoms with Crippen LogP contribution >= 0.6 is 0 Å². The maximum atomic E-state index is 11.8. The van der Waals surface area contributed by atoms with Crippen molar-refractivity contribution in [2.45, 2.75) is 6.42 Å². The number of benzene rings is 1. The highest BCUT2D eigenvalue weighted by atomic mass is 16.4. The van der Waals surface area contributed by atoms with Crippen LogP contribution in [0.25, 0.3) is 0 Å². The number of aromatic nitrogens is 1. The Kier molecular flexibility index (Phi) is 4.44. The number of carboxylic acids is 1. The van der Waals surface area contributed by atoms with Crippen LogP contribution in [0.5, 0.6) is 0 Å². The van der Waals surface area contributed by atoms with Crippen LogP contribution in [0.15, 0.2) is 48.8 Å². The molecule has 2 aromatic rings. The zero-order chi connectivity index (χ0) is 14.4. The Labute approximate surface area is 116 Å². The van der Waals surface area contributed by atoms with Crippen LogP contribution in [0.2, 0.25) is 0 Å². The topological polar surface area (TPSA) is 79.3 Å². The Morgan fingerprint density at radius 1 is 1.15 bits per heavy atom. The van der Waals surface area contributed by atoms with Crippen LogP contribution in [0, 0.1) is 0 Å². The molecule has 0 spiro atoms. The summed E-state index contributed by atoms with van der Waals surface area (Å²) < 4.78 is 0. The molecule has 0 saturated carbocycles. The number of hydrogen-bond acceptors (Lipinski definition) is 3. The second-order valence-electron chi connectivity index (χ2n) is 4.21. The van der Waals surface area contributed by atoms with E-state index in [-0.39, 0.29) is 11.5 Å². The van der Waals surface area contributed by atoms with Crippen molar-refractivity contribution in [3.63, 3.8) is 0 Å². The minimum absolute atomic E-state index is 0.217. The average Bonchev–Trinajstić information content (AvgIpc) is 2.48. The molecule has 2 N–H and O–H groups in total. The lowest BCUT2D eigenvalue weighted by atomic mass is 10.0. The molecular weight excluding hydrogens is 256 g/mol. The number of pyridine rings is 1. The predicted molar refractivity (Wildman–Crippen MR) is 73.7 cm³/mol. The van der Waals surface area contributed by atoms with Gasteiger partial charge in [0.05, 0.1) is 11.1 Å². The Morgan fingerprint density at radius 3 is 2.65 bits per heavy atom. The summed E-state index contributed by atoms with van der Waals surface area (Å²) in [6.45, 7) is 0.373. The molecule has 5 heteroatoms. The molecule has 2 rings (SSSR count). The third-order valence-electron chi connectivity index (χ3n) is 2.85. The molecule has 1 amide bonds. The molecular formula is C15H14N2O3. The van der Waals surface area contributed by atoms with E-state index < -0.39 is 5.97 Å². The highest BCUT2D eigenvalue weighted by Gasteiger charge is 2.09. The number of nitrogens with one attached hydrogen (secondary N) is 1. The number of carbonyl (C=O) groups excluding carboxylic acids is 1. The van der Waals surface area contributed by atoms with Crippen LogP contribution in [0.4, 0.5) is 0 Å². The fourth-order valence-corrected chi connectivity index (χ4v) is 1.86. The molecule has 0 atom stereocenters. The lowest BCUT2D eigenvalue weighted by Crippen LogP contribution is -2.26. The van der Waals surface area contributed by atoms with Crippen LogP contribution in [-0.4, -0.2) is 28.5 Å². The van der Waals surface area contributed by atoms with Gasteiger partial charge < -0.3 is 10.4 Å². The van der Waals surface area contributed by atoms with Gasteiger partial charge in [-0.25, -0.2) is 4.79 Å². The van der Waals surface area contributed by atoms with Crippen molar-refractivity contribution in [2.75, 3.05) is 6.54 Å². The van der Waals surface area contributed by atoms with E-state index in [0.717, 1.165) is 0 Å². The van der Waals surface area contributed by atoms with Crippen molar-refractivity contribution >= 4 is 11.9 Å². The smallest absolute Gasteiger partial charge is 0.335 e. The summed E-state index contributed by atoms with van der Waals surface area (Å²) in [4.78, 5) is 26.7. The van der Waals surface area contributed by atoms with Gasteiger partial charge in [-0.15, -0.1) is 0 Å². The molecule has 0 aliphatic carbocycles. The summed E-state index contributed by atoms with van der Waals surface area (Å²) in [5.74, 6) is -1.18. The van der Waals surface area contributed by atoms with Crippen molar-refractivity contribution in [3.8, 4) is 0 Å². The summed E-state index contributed by atoms with van der Waals surface area (Å²) in [6, 6.07) is 10.1. The molecule has 1 aromatic heterocycles. The minimum atomic E-state index is -0.959. The summed E-state index contributed by atoms with van der Waals surface area (Å²) in [6.07, 6.45) is 3.55. The van der Waals surface area contributed by atoms with Crippen molar-refractivity contribution in [1.82, 2.24) is 10.3 Å². The zero-order valence-corrected chi connectivity index (χ0v) is 10.7. The Morgan fingerprint density at radius 2 is 1.95 bits per heavy atom. The largest absolute Gasteiger partial charge is 0.478 e. The summed E-state index contributed by atoms with van der Waals surface area (Å²) in [5, 5.41) is 11.8. The van der Waals surface area contributed by atoms with Crippen LogP contribution in [-0.2, 0) is 6.42 Å². The van der Waals surface area contributed by atoms with Gasteiger partial charge in [0, 0.05) is 18.9 Å². The standard InChI is InChI=1S/C15H14N2O3/c18-14(12-5-3-8-16-10-12)17-9-7-11-4-1-2-6-13(11)15(19)20/h1-6,8,10H,7,9H2,(H,17,18)(H,19,20). The first-order valence-electron chi connectivity index (χ1n) is 6.18. The van der Waals surface area contributed by atoms with Crippen molar-refractivity contribution < 1.29 is 14.7 Å². The number of amides is 1. The third kappa shape index (κ3) is 3.41. The first-order valence-corrected chi connectivity index (χ1v) is 6.18. The molecule has 0 aliphatic heterocycles. The molecule has 5 nitrogen and oxygen atoms in total. The van der Waals surface area contributed by atoms with E-state index in [1.54, 1.807) is 42.6 Å². The monoisotopic (exact) mass is 270 g/mol. The second kappa shape index (κ2) is 6.47. The van der Waals surface area contributed by atoms with Crippen LogP contribution in [0.3, 0.4) is 0 Å². The molecule has 1 aromatic carbocycles. The van der Waals surface area contributed by atoms with Gasteiger partial charge in [0.1, 0.15) is 0 Å². The molecule has 0 fully saturated rings. The van der Waals surface area contributed by atoms with Gasteiger partial charge in [0.25, 0.3) is 5.91 Å². The van der Waals surface area contributed by atoms with Crippen LogP contribution < -0.4 is 5.32 Å². The Balaban J connectivity index is 1.94. The summed E-state index contributed by atoms with van der Waals surface area (Å²) >= 11 is 0. The van der Waals surface area contributed by atoms with E-state index >= 15 is 0 Å². The van der Waals surface area contributed by atoms with Crippen molar-refractivity contribution in [2.24, 2.45) is 0 Å². The van der Waals surface area contributed by atoms with Gasteiger partial charge in [-0.2, -0.15) is 0 Å². The summed E-state index contributed by atoms with van der Waals surface area (Å²) in [5.41, 5.74) is 1.45. The molecule has 0 aliphatic rings. The van der Waals surface area contributed by atoms with E-state index in [9.17, 15) is 9.59 Å². The fourth-order valence-electron chi connectivity index (χ4n) is 1.86. The number of carboxylic acid groups (broad SMARTS) is 1. The summed E-state index contributed by atoms with van der Waals surface area (Å²) in [7, 11) is 0. The van der Waals surface area contributed by atoms with Gasteiger partial charge >= 0.3 is 5.97 Å². The Hall–Kier alpha value is -2.69. The van der Waals surface area contributed by atoms with E-state index in [2.05, 4.69) is 10.3 Å². The van der Waals surface area contributed by atoms with Gasteiger partial charge in [0.2, 0.25) is 0 Å². The zero-order valence-electron chi connectivity index (χ0n) is 10.7. The minimum Gasteiger partial charge on any atom is -0.478 e. The normalized spacial score (nSPS) is 10.0. The van der Waals surface area contributed by atoms with Gasteiger partial charge in [-0.1, -0.05) is 18.2 Å². The second-order valence-corrected chi connectivity index (χ2v) is 4.21. The first kappa shape index (κ1) is 13.7. The number of nitrogens with zero attached hydrogens (tertiary/aromatic N) is 1. The molecule has 1 heterocycles. The highest BCUT2D eigenvalue weighted by molar-refractivity contribution is 5.93. The SMILES string of the molecule is O=C(NCCc1ccccc1C(=O)O)c1cccnc1. The molecule has 0 saturated heterocycles. The van der Waals surface area contributed by atoms with E-state index in [1.807, 2.05) is 0 Å². The lowest BCUT2D eigenvalue weighted by Gasteiger charge is -2.07. The third-order valence-corrected chi connectivity index (χ3v) is 2.85. The lowest BCUT2D eigenvalue weighted by molar-refractivity contribution is 0.0695. The molecule has 102 valence electrons. The fraction of sp³-hybridized carbons (Fsp3) is 0.133. The van der Waals surface area contributed by atoms with Crippen molar-refractivity contribution in [3.05, 3.63) is 65.5 Å². The molecule has 0 unspecified atom stereocenters. The number of aromatic carboxylic acids is 1. The quantitative estimate of drug-likeness (QED) is 0.867. The number of hydrogen-bond donors (Lipinski definition) is 2. The van der Waals surface area contributed by atoms with E-state index in [0.29, 0.717) is 24.1 Å².